The van der Waals surface area contributed by atoms with Crippen molar-refractivity contribution in [3.8, 4) is 0 Å². The number of hydrogen-bond acceptors (Lipinski definition) is 4. The molecule has 1 aromatic heterocycles. The van der Waals surface area contributed by atoms with Gasteiger partial charge in [-0.25, -0.2) is 0 Å². The van der Waals surface area contributed by atoms with Crippen LogP contribution in [0.1, 0.15) is 31.9 Å². The van der Waals surface area contributed by atoms with Crippen LogP contribution in [-0.4, -0.2) is 32.6 Å². The van der Waals surface area contributed by atoms with Gasteiger partial charge in [-0.2, -0.15) is 5.10 Å². The van der Waals surface area contributed by atoms with Crippen molar-refractivity contribution in [1.29, 1.82) is 0 Å². The first-order chi connectivity index (χ1) is 8.54. The number of rotatable bonds is 7. The smallest absolute Gasteiger partial charge is 0.108 e. The van der Waals surface area contributed by atoms with Gasteiger partial charge in [0.2, 0.25) is 0 Å². The van der Waals surface area contributed by atoms with Crippen molar-refractivity contribution < 1.29 is 10.2 Å². The van der Waals surface area contributed by atoms with Crippen molar-refractivity contribution in [3.05, 3.63) is 28.4 Å². The van der Waals surface area contributed by atoms with Crippen molar-refractivity contribution >= 4 is 0 Å². The molecule has 0 aromatic carbocycles. The van der Waals surface area contributed by atoms with E-state index < -0.39 is 12.2 Å². The lowest BCUT2D eigenvalue weighted by atomic mass is 10.1. The summed E-state index contributed by atoms with van der Waals surface area (Å²) in [6.07, 6.45) is 1.54. The molecule has 7 heteroatoms. The molecule has 0 bridgehead atoms. The van der Waals surface area contributed by atoms with Gasteiger partial charge in [-0.15, -0.1) is 0 Å². The zero-order chi connectivity index (χ0) is 13.5. The summed E-state index contributed by atoms with van der Waals surface area (Å²) < 4.78 is 1.74. The van der Waals surface area contributed by atoms with E-state index in [9.17, 15) is 10.2 Å². The van der Waals surface area contributed by atoms with E-state index in [0.717, 1.165) is 6.54 Å². The molecule has 2 atom stereocenters. The van der Waals surface area contributed by atoms with Crippen LogP contribution in [0.4, 0.5) is 0 Å². The van der Waals surface area contributed by atoms with Crippen LogP contribution in [0.25, 0.3) is 10.4 Å². The Kier molecular flexibility index (Phi) is 5.64. The lowest BCUT2D eigenvalue weighted by molar-refractivity contribution is 0.0150. The van der Waals surface area contributed by atoms with Crippen LogP contribution in [0.2, 0.25) is 0 Å². The fraction of sp³-hybridized carbons (Fsp3) is 0.727. The Hall–Kier alpha value is -1.56. The normalized spacial score (nSPS) is 14.3. The Morgan fingerprint density at radius 3 is 2.83 bits per heavy atom. The maximum Gasteiger partial charge on any atom is 0.108 e. The minimum atomic E-state index is -1.00. The van der Waals surface area contributed by atoms with Crippen LogP contribution < -0.4 is 0 Å². The highest BCUT2D eigenvalue weighted by Gasteiger charge is 2.19. The molecular weight excluding hydrogens is 234 g/mol. The fourth-order valence-electron chi connectivity index (χ4n) is 1.62. The molecule has 0 spiro atoms. The largest absolute Gasteiger partial charge is 0.390 e. The van der Waals surface area contributed by atoms with Crippen molar-refractivity contribution in [3.63, 3.8) is 0 Å². The van der Waals surface area contributed by atoms with Gasteiger partial charge in [0.25, 0.3) is 0 Å². The second-order valence-corrected chi connectivity index (χ2v) is 4.64. The quantitative estimate of drug-likeness (QED) is 0.438. The lowest BCUT2D eigenvalue weighted by Crippen LogP contribution is -2.18. The molecule has 2 N–H and O–H groups in total. The standard InChI is InChI=1S/C11H19N5O2/c1-8(2)6-16-7-9(5-14-16)11(18)10(17)3-4-13-15-12/h5,7-8,10-11,17-18H,3-4,6H2,1-2H3. The molecule has 0 aliphatic rings. The summed E-state index contributed by atoms with van der Waals surface area (Å²) in [7, 11) is 0. The molecule has 1 aromatic rings. The van der Waals surface area contributed by atoms with E-state index in [2.05, 4.69) is 29.0 Å². The average Bonchev–Trinajstić information content (AvgIpc) is 2.75. The van der Waals surface area contributed by atoms with Crippen molar-refractivity contribution in [1.82, 2.24) is 9.78 Å². The van der Waals surface area contributed by atoms with Gasteiger partial charge < -0.3 is 10.2 Å². The summed E-state index contributed by atoms with van der Waals surface area (Å²) in [4.78, 5) is 2.59. The number of azide groups is 1. The summed E-state index contributed by atoms with van der Waals surface area (Å²) in [6.45, 7) is 5.08. The number of nitrogens with zero attached hydrogens (tertiary/aromatic N) is 5. The molecule has 0 aliphatic carbocycles. The summed E-state index contributed by atoms with van der Waals surface area (Å²) in [5.41, 5.74) is 8.70. The van der Waals surface area contributed by atoms with Crippen LogP contribution in [0, 0.1) is 5.92 Å². The van der Waals surface area contributed by atoms with Gasteiger partial charge in [0, 0.05) is 29.8 Å². The molecule has 7 nitrogen and oxygen atoms in total. The highest BCUT2D eigenvalue weighted by molar-refractivity contribution is 5.09. The van der Waals surface area contributed by atoms with Gasteiger partial charge in [-0.3, -0.25) is 4.68 Å². The maximum atomic E-state index is 9.90. The molecule has 0 saturated carbocycles. The second-order valence-electron chi connectivity index (χ2n) is 4.64. The Morgan fingerprint density at radius 1 is 1.50 bits per heavy atom. The monoisotopic (exact) mass is 253 g/mol. The molecule has 1 heterocycles. The second kappa shape index (κ2) is 7.00. The van der Waals surface area contributed by atoms with Gasteiger partial charge in [0.1, 0.15) is 6.10 Å². The molecule has 2 unspecified atom stereocenters. The van der Waals surface area contributed by atoms with Gasteiger partial charge in [-0.05, 0) is 17.9 Å². The highest BCUT2D eigenvalue weighted by Crippen LogP contribution is 2.18. The van der Waals surface area contributed by atoms with Crippen LogP contribution in [-0.2, 0) is 6.54 Å². The Balaban J connectivity index is 2.57. The maximum absolute atomic E-state index is 9.90. The van der Waals surface area contributed by atoms with Crippen LogP contribution in [0.5, 0.6) is 0 Å². The van der Waals surface area contributed by atoms with E-state index in [1.807, 2.05) is 0 Å². The van der Waals surface area contributed by atoms with E-state index in [1.54, 1.807) is 17.1 Å². The van der Waals surface area contributed by atoms with Gasteiger partial charge in [0.05, 0.1) is 12.3 Å². The Morgan fingerprint density at radius 2 is 2.22 bits per heavy atom. The summed E-state index contributed by atoms with van der Waals surface area (Å²) in [6, 6.07) is 0. The molecule has 1 rings (SSSR count). The first kappa shape index (κ1) is 14.5. The molecule has 100 valence electrons. The summed E-state index contributed by atoms with van der Waals surface area (Å²) >= 11 is 0. The minimum Gasteiger partial charge on any atom is -0.390 e. The van der Waals surface area contributed by atoms with Crippen molar-refractivity contribution in [2.45, 2.75) is 39.0 Å². The molecular formula is C11H19N5O2. The molecule has 0 amide bonds. The molecule has 18 heavy (non-hydrogen) atoms. The van der Waals surface area contributed by atoms with Crippen molar-refractivity contribution in [2.24, 2.45) is 11.0 Å². The third-order valence-corrected chi connectivity index (χ3v) is 2.50. The first-order valence-corrected chi connectivity index (χ1v) is 5.94. The predicted molar refractivity (Wildman–Crippen MR) is 66.7 cm³/mol. The zero-order valence-corrected chi connectivity index (χ0v) is 10.6. The Bertz CT molecular complexity index is 411. The third kappa shape index (κ3) is 4.37. The predicted octanol–water partition coefficient (Wildman–Crippen LogP) is 1.63. The first-order valence-electron chi connectivity index (χ1n) is 5.94. The van der Waals surface area contributed by atoms with Gasteiger partial charge in [-0.1, -0.05) is 19.0 Å². The summed E-state index contributed by atoms with van der Waals surface area (Å²) in [5.74, 6) is 0.463. The number of hydrogen-bond donors (Lipinski definition) is 2. The minimum absolute atomic E-state index is 0.162. The van der Waals surface area contributed by atoms with E-state index in [-0.39, 0.29) is 13.0 Å². The van der Waals surface area contributed by atoms with Crippen LogP contribution >= 0.6 is 0 Å². The van der Waals surface area contributed by atoms with E-state index in [1.165, 1.54) is 0 Å². The number of aliphatic hydroxyl groups excluding tert-OH is 2. The number of aromatic nitrogens is 2. The topological polar surface area (TPSA) is 107 Å². The van der Waals surface area contributed by atoms with Crippen LogP contribution in [0.3, 0.4) is 0 Å². The zero-order valence-electron chi connectivity index (χ0n) is 10.6. The van der Waals surface area contributed by atoms with Crippen molar-refractivity contribution in [2.75, 3.05) is 6.54 Å². The third-order valence-electron chi connectivity index (χ3n) is 2.50. The molecule has 0 saturated heterocycles. The molecule has 0 radical (unpaired) electrons. The van der Waals surface area contributed by atoms with Gasteiger partial charge >= 0.3 is 0 Å². The lowest BCUT2D eigenvalue weighted by Gasteiger charge is -2.15. The van der Waals surface area contributed by atoms with Crippen LogP contribution in [0.15, 0.2) is 17.5 Å². The van der Waals surface area contributed by atoms with Gasteiger partial charge in [0.15, 0.2) is 0 Å². The SMILES string of the molecule is CC(C)Cn1cc(C(O)C(O)CCN=[N+]=[N-])cn1. The Labute approximate surface area is 106 Å². The van der Waals surface area contributed by atoms with E-state index in [0.29, 0.717) is 11.5 Å². The molecule has 0 aliphatic heterocycles. The molecule has 0 fully saturated rings. The number of aliphatic hydroxyl groups is 2. The highest BCUT2D eigenvalue weighted by atomic mass is 16.3. The van der Waals surface area contributed by atoms with E-state index >= 15 is 0 Å². The van der Waals surface area contributed by atoms with E-state index in [4.69, 9.17) is 5.53 Å². The fourth-order valence-corrected chi connectivity index (χ4v) is 1.62. The average molecular weight is 253 g/mol. The summed E-state index contributed by atoms with van der Waals surface area (Å²) in [5, 5.41) is 27.1.